The molecule has 0 unspecified atom stereocenters. The van der Waals surface area contributed by atoms with Crippen molar-refractivity contribution in [2.24, 2.45) is 5.73 Å². The lowest BCUT2D eigenvalue weighted by atomic mass is 10.5. The van der Waals surface area contributed by atoms with Crippen molar-refractivity contribution < 1.29 is 9.53 Å². The smallest absolute Gasteiger partial charge is 0.358 e. The number of aromatic nitrogens is 2. The lowest BCUT2D eigenvalue weighted by Crippen LogP contribution is -2.08. The van der Waals surface area contributed by atoms with Gasteiger partial charge in [-0.25, -0.2) is 9.78 Å². The van der Waals surface area contributed by atoms with Crippen molar-refractivity contribution in [3.63, 3.8) is 0 Å². The molecule has 1 heterocycles. The first-order valence-corrected chi connectivity index (χ1v) is 3.58. The third-order valence-corrected chi connectivity index (χ3v) is 1.42. The Morgan fingerprint density at radius 2 is 2.29 bits per heavy atom. The lowest BCUT2D eigenvalue weighted by molar-refractivity contribution is 0.0594. The fourth-order valence-electron chi connectivity index (χ4n) is 0.841. The van der Waals surface area contributed by atoms with Crippen molar-refractivity contribution >= 4 is 30.8 Å². The first-order chi connectivity index (χ1) is 5.77. The van der Waals surface area contributed by atoms with Crippen LogP contribution in [0.1, 0.15) is 10.5 Å². The quantitative estimate of drug-likeness (QED) is 0.782. The summed E-state index contributed by atoms with van der Waals surface area (Å²) in [6, 6.07) is 0. The van der Waals surface area contributed by atoms with Crippen LogP contribution in [0.25, 0.3) is 0 Å². The molecule has 0 radical (unpaired) electrons. The fraction of sp³-hybridized carbons (Fsp3) is 0.429. The maximum atomic E-state index is 10.9. The topological polar surface area (TPSA) is 70.1 Å². The predicted molar refractivity (Wildman–Crippen MR) is 57.1 cm³/mol. The van der Waals surface area contributed by atoms with Crippen molar-refractivity contribution in [3.05, 3.63) is 18.2 Å². The molecular weight excluding hydrogens is 229 g/mol. The number of nitrogens with zero attached hydrogens (tertiary/aromatic N) is 2. The summed E-state index contributed by atoms with van der Waals surface area (Å²) < 4.78 is 6.22. The number of halogens is 2. The SMILES string of the molecule is COC(=O)c1cn(CCN)cn1.Cl.Cl. The van der Waals surface area contributed by atoms with Gasteiger partial charge in [0.2, 0.25) is 0 Å². The molecule has 0 atom stereocenters. The van der Waals surface area contributed by atoms with E-state index in [9.17, 15) is 4.79 Å². The molecular formula is C7H13Cl2N3O2. The van der Waals surface area contributed by atoms with E-state index >= 15 is 0 Å². The number of hydrogen-bond donors (Lipinski definition) is 1. The van der Waals surface area contributed by atoms with E-state index in [4.69, 9.17) is 5.73 Å². The van der Waals surface area contributed by atoms with Gasteiger partial charge in [0, 0.05) is 19.3 Å². The first-order valence-electron chi connectivity index (χ1n) is 3.58. The Labute approximate surface area is 94.5 Å². The van der Waals surface area contributed by atoms with Gasteiger partial charge in [0.05, 0.1) is 13.4 Å². The minimum absolute atomic E-state index is 0. The van der Waals surface area contributed by atoms with Gasteiger partial charge in [-0.15, -0.1) is 24.8 Å². The largest absolute Gasteiger partial charge is 0.464 e. The van der Waals surface area contributed by atoms with E-state index in [0.29, 0.717) is 18.8 Å². The molecule has 1 aromatic rings. The normalized spacial score (nSPS) is 8.43. The molecule has 0 aliphatic heterocycles. The van der Waals surface area contributed by atoms with E-state index in [1.165, 1.54) is 7.11 Å². The second-order valence-corrected chi connectivity index (χ2v) is 2.28. The zero-order chi connectivity index (χ0) is 8.97. The summed E-state index contributed by atoms with van der Waals surface area (Å²) in [7, 11) is 1.32. The van der Waals surface area contributed by atoms with Gasteiger partial charge in [0.15, 0.2) is 5.69 Å². The molecule has 0 aliphatic rings. The Kier molecular flexibility index (Phi) is 8.52. The van der Waals surface area contributed by atoms with Crippen molar-refractivity contribution in [2.45, 2.75) is 6.54 Å². The van der Waals surface area contributed by atoms with Gasteiger partial charge in [-0.1, -0.05) is 0 Å². The number of methoxy groups -OCH3 is 1. The molecule has 0 aromatic carbocycles. The molecule has 0 spiro atoms. The van der Waals surface area contributed by atoms with Gasteiger partial charge >= 0.3 is 5.97 Å². The van der Waals surface area contributed by atoms with Crippen molar-refractivity contribution in [1.82, 2.24) is 9.55 Å². The summed E-state index contributed by atoms with van der Waals surface area (Å²) >= 11 is 0. The molecule has 1 aromatic heterocycles. The number of esters is 1. The second kappa shape index (κ2) is 7.61. The summed E-state index contributed by atoms with van der Waals surface area (Å²) in [5, 5.41) is 0. The van der Waals surface area contributed by atoms with Crippen LogP contribution in [0.2, 0.25) is 0 Å². The van der Waals surface area contributed by atoms with Crippen molar-refractivity contribution in [2.75, 3.05) is 13.7 Å². The van der Waals surface area contributed by atoms with Gasteiger partial charge in [0.1, 0.15) is 0 Å². The Bertz CT molecular complexity index is 278. The molecule has 5 nitrogen and oxygen atoms in total. The fourth-order valence-corrected chi connectivity index (χ4v) is 0.841. The number of hydrogen-bond acceptors (Lipinski definition) is 4. The van der Waals surface area contributed by atoms with Gasteiger partial charge in [0.25, 0.3) is 0 Å². The zero-order valence-electron chi connectivity index (χ0n) is 7.67. The van der Waals surface area contributed by atoms with E-state index in [2.05, 4.69) is 9.72 Å². The third-order valence-electron chi connectivity index (χ3n) is 1.42. The predicted octanol–water partition coefficient (Wildman–Crippen LogP) is 0.472. The van der Waals surface area contributed by atoms with E-state index in [1.807, 2.05) is 0 Å². The number of nitrogens with two attached hydrogens (primary N) is 1. The highest BCUT2D eigenvalue weighted by molar-refractivity contribution is 5.86. The molecule has 0 aliphatic carbocycles. The maximum Gasteiger partial charge on any atom is 0.358 e. The highest BCUT2D eigenvalue weighted by atomic mass is 35.5. The standard InChI is InChI=1S/C7H11N3O2.2ClH/c1-12-7(11)6-4-10(3-2-8)5-9-6;;/h4-5H,2-3,8H2,1H3;2*1H. The molecule has 1 rings (SSSR count). The van der Waals surface area contributed by atoms with Gasteiger partial charge in [-0.3, -0.25) is 0 Å². The number of ether oxygens (including phenoxy) is 1. The number of carbonyl (C=O) groups is 1. The zero-order valence-corrected chi connectivity index (χ0v) is 9.31. The van der Waals surface area contributed by atoms with Gasteiger partial charge in [-0.2, -0.15) is 0 Å². The molecule has 0 saturated heterocycles. The van der Waals surface area contributed by atoms with Crippen LogP contribution in [-0.2, 0) is 11.3 Å². The molecule has 82 valence electrons. The van der Waals surface area contributed by atoms with Crippen LogP contribution < -0.4 is 5.73 Å². The number of imidazole rings is 1. The molecule has 14 heavy (non-hydrogen) atoms. The molecule has 2 N–H and O–H groups in total. The Morgan fingerprint density at radius 3 is 2.79 bits per heavy atom. The Hall–Kier alpha value is -0.780. The average molecular weight is 242 g/mol. The van der Waals surface area contributed by atoms with Crippen LogP contribution in [0.15, 0.2) is 12.5 Å². The van der Waals surface area contributed by atoms with E-state index in [1.54, 1.807) is 17.1 Å². The molecule has 0 amide bonds. The minimum Gasteiger partial charge on any atom is -0.464 e. The van der Waals surface area contributed by atoms with Crippen LogP contribution in [0.3, 0.4) is 0 Å². The maximum absolute atomic E-state index is 10.9. The minimum atomic E-state index is -0.425. The summed E-state index contributed by atoms with van der Waals surface area (Å²) in [6.07, 6.45) is 3.16. The average Bonchev–Trinajstić information content (AvgIpc) is 2.52. The van der Waals surface area contributed by atoms with Crippen LogP contribution in [0.5, 0.6) is 0 Å². The first kappa shape index (κ1) is 15.7. The summed E-state index contributed by atoms with van der Waals surface area (Å²) in [4.78, 5) is 14.7. The third kappa shape index (κ3) is 3.95. The summed E-state index contributed by atoms with van der Waals surface area (Å²) in [5.41, 5.74) is 5.62. The van der Waals surface area contributed by atoms with Crippen LogP contribution in [0.4, 0.5) is 0 Å². The van der Waals surface area contributed by atoms with E-state index in [0.717, 1.165) is 0 Å². The summed E-state index contributed by atoms with van der Waals surface area (Å²) in [5.74, 6) is -0.425. The van der Waals surface area contributed by atoms with Crippen molar-refractivity contribution in [1.29, 1.82) is 0 Å². The molecule has 0 fully saturated rings. The number of rotatable bonds is 3. The van der Waals surface area contributed by atoms with Gasteiger partial charge in [-0.05, 0) is 0 Å². The molecule has 0 bridgehead atoms. The Balaban J connectivity index is 0. The lowest BCUT2D eigenvalue weighted by Gasteiger charge is -1.95. The monoisotopic (exact) mass is 241 g/mol. The van der Waals surface area contributed by atoms with Crippen LogP contribution in [0, 0.1) is 0 Å². The Morgan fingerprint density at radius 1 is 1.64 bits per heavy atom. The summed E-state index contributed by atoms with van der Waals surface area (Å²) in [6.45, 7) is 1.18. The van der Waals surface area contributed by atoms with Gasteiger partial charge < -0.3 is 15.0 Å². The van der Waals surface area contributed by atoms with E-state index < -0.39 is 5.97 Å². The molecule has 0 saturated carbocycles. The second-order valence-electron chi connectivity index (χ2n) is 2.28. The highest BCUT2D eigenvalue weighted by Gasteiger charge is 2.07. The van der Waals surface area contributed by atoms with Crippen LogP contribution in [-0.4, -0.2) is 29.2 Å². The van der Waals surface area contributed by atoms with E-state index in [-0.39, 0.29) is 24.8 Å². The highest BCUT2D eigenvalue weighted by Crippen LogP contribution is 1.97. The van der Waals surface area contributed by atoms with Crippen molar-refractivity contribution in [3.8, 4) is 0 Å². The van der Waals surface area contributed by atoms with Crippen LogP contribution >= 0.6 is 24.8 Å². The number of carbonyl (C=O) groups excluding carboxylic acids is 1. The molecule has 7 heteroatoms.